The highest BCUT2D eigenvalue weighted by Gasteiger charge is 2.42. The molecule has 1 spiro atoms. The van der Waals surface area contributed by atoms with E-state index in [-0.39, 0.29) is 22.9 Å². The zero-order chi connectivity index (χ0) is 14.2. The first kappa shape index (κ1) is 13.3. The summed E-state index contributed by atoms with van der Waals surface area (Å²) in [7, 11) is 0. The van der Waals surface area contributed by atoms with Gasteiger partial charge in [0.05, 0.1) is 18.2 Å². The lowest BCUT2D eigenvalue weighted by Crippen LogP contribution is -2.43. The van der Waals surface area contributed by atoms with E-state index in [2.05, 4.69) is 5.10 Å². The van der Waals surface area contributed by atoms with Gasteiger partial charge in [-0.1, -0.05) is 0 Å². The summed E-state index contributed by atoms with van der Waals surface area (Å²) >= 11 is 0. The van der Waals surface area contributed by atoms with E-state index in [1.807, 2.05) is 0 Å². The number of ether oxygens (including phenoxy) is 2. The number of carbonyl (C=O) groups is 1. The number of rotatable bonds is 2. The first-order chi connectivity index (χ1) is 9.60. The Hall–Kier alpha value is -1.73. The number of aromatic carboxylic acids is 1. The molecule has 2 unspecified atom stereocenters. The van der Waals surface area contributed by atoms with E-state index in [0.717, 1.165) is 6.42 Å². The van der Waals surface area contributed by atoms with E-state index in [4.69, 9.17) is 14.6 Å². The van der Waals surface area contributed by atoms with Crippen molar-refractivity contribution in [3.8, 4) is 0 Å². The van der Waals surface area contributed by atoms with Gasteiger partial charge in [-0.25, -0.2) is 9.48 Å². The molecule has 0 aromatic carbocycles. The lowest BCUT2D eigenvalue weighted by Gasteiger charge is -2.37. The molecule has 2 aliphatic rings. The van der Waals surface area contributed by atoms with Crippen molar-refractivity contribution in [1.29, 1.82) is 0 Å². The van der Waals surface area contributed by atoms with Gasteiger partial charge < -0.3 is 14.6 Å². The smallest absolute Gasteiger partial charge is 0.356 e. The molecule has 2 aliphatic heterocycles. The Labute approximate surface area is 115 Å². The highest BCUT2D eigenvalue weighted by Crippen LogP contribution is 2.37. The fourth-order valence-electron chi connectivity index (χ4n) is 2.87. The van der Waals surface area contributed by atoms with Crippen molar-refractivity contribution < 1.29 is 19.4 Å². The van der Waals surface area contributed by atoms with Crippen LogP contribution in [0.4, 0.5) is 0 Å². The van der Waals surface area contributed by atoms with Crippen LogP contribution in [0, 0.1) is 0 Å². The Kier molecular flexibility index (Phi) is 3.31. The molecule has 1 N–H and O–H groups in total. The van der Waals surface area contributed by atoms with Crippen LogP contribution >= 0.6 is 0 Å². The summed E-state index contributed by atoms with van der Waals surface area (Å²) in [6, 6.07) is 2.34. The van der Waals surface area contributed by atoms with Gasteiger partial charge in [0, 0.05) is 32.1 Å². The first-order valence-electron chi connectivity index (χ1n) is 6.65. The van der Waals surface area contributed by atoms with Gasteiger partial charge >= 0.3 is 5.97 Å². The molecule has 7 nitrogen and oxygen atoms in total. The monoisotopic (exact) mass is 280 g/mol. The lowest BCUT2D eigenvalue weighted by atomic mass is 9.90. The molecule has 108 valence electrons. The van der Waals surface area contributed by atoms with Gasteiger partial charge in [-0.2, -0.15) is 5.10 Å². The van der Waals surface area contributed by atoms with Gasteiger partial charge in [-0.15, -0.1) is 0 Å². The van der Waals surface area contributed by atoms with Crippen LogP contribution in [0.25, 0.3) is 0 Å². The van der Waals surface area contributed by atoms with Crippen LogP contribution in [-0.2, 0) is 9.47 Å². The third-order valence-corrected chi connectivity index (χ3v) is 3.92. The molecule has 3 heterocycles. The molecule has 0 aliphatic carbocycles. The van der Waals surface area contributed by atoms with Crippen molar-refractivity contribution in [1.82, 2.24) is 9.78 Å². The summed E-state index contributed by atoms with van der Waals surface area (Å²) in [6.45, 7) is 1.71. The summed E-state index contributed by atoms with van der Waals surface area (Å²) in [5, 5.41) is 12.9. The summed E-state index contributed by atoms with van der Waals surface area (Å²) in [5.41, 5.74) is -0.743. The van der Waals surface area contributed by atoms with Crippen LogP contribution in [-0.4, -0.2) is 46.3 Å². The van der Waals surface area contributed by atoms with Crippen molar-refractivity contribution in [2.24, 2.45) is 0 Å². The largest absolute Gasteiger partial charge is 0.476 e. The predicted octanol–water partition coefficient (Wildman–Crippen LogP) is 0.452. The van der Waals surface area contributed by atoms with Crippen LogP contribution in [0.3, 0.4) is 0 Å². The second-order valence-electron chi connectivity index (χ2n) is 5.29. The molecule has 2 fully saturated rings. The number of aromatic nitrogens is 2. The highest BCUT2D eigenvalue weighted by molar-refractivity contribution is 5.84. The van der Waals surface area contributed by atoms with E-state index >= 15 is 0 Å². The Morgan fingerprint density at radius 1 is 1.45 bits per heavy atom. The van der Waals surface area contributed by atoms with Crippen LogP contribution in [0.15, 0.2) is 16.9 Å². The van der Waals surface area contributed by atoms with E-state index in [1.54, 1.807) is 0 Å². The Morgan fingerprint density at radius 3 is 3.00 bits per heavy atom. The summed E-state index contributed by atoms with van der Waals surface area (Å²) in [6.07, 6.45) is 2.08. The van der Waals surface area contributed by atoms with E-state index in [9.17, 15) is 9.59 Å². The van der Waals surface area contributed by atoms with E-state index < -0.39 is 5.97 Å². The predicted molar refractivity (Wildman–Crippen MR) is 67.8 cm³/mol. The summed E-state index contributed by atoms with van der Waals surface area (Å²) < 4.78 is 12.5. The highest BCUT2D eigenvalue weighted by atomic mass is 16.6. The zero-order valence-corrected chi connectivity index (χ0v) is 10.9. The Morgan fingerprint density at radius 2 is 2.30 bits per heavy atom. The average Bonchev–Trinajstić information content (AvgIpc) is 2.87. The molecule has 0 saturated carbocycles. The van der Waals surface area contributed by atoms with Crippen molar-refractivity contribution in [2.45, 2.75) is 30.9 Å². The van der Waals surface area contributed by atoms with Crippen LogP contribution in [0.2, 0.25) is 0 Å². The molecule has 0 radical (unpaired) electrons. The maximum Gasteiger partial charge on any atom is 0.356 e. The van der Waals surface area contributed by atoms with Gasteiger partial charge in [0.15, 0.2) is 5.69 Å². The van der Waals surface area contributed by atoms with Crippen LogP contribution < -0.4 is 5.56 Å². The number of hydrogen-bond donors (Lipinski definition) is 1. The number of hydrogen-bond acceptors (Lipinski definition) is 5. The summed E-state index contributed by atoms with van der Waals surface area (Å²) in [4.78, 5) is 22.9. The van der Waals surface area contributed by atoms with Gasteiger partial charge in [-0.05, 0) is 12.5 Å². The fraction of sp³-hybridized carbons (Fsp3) is 0.615. The Bertz CT molecular complexity index is 576. The average molecular weight is 280 g/mol. The van der Waals surface area contributed by atoms with Crippen LogP contribution in [0.1, 0.15) is 35.8 Å². The molecule has 2 saturated heterocycles. The molecular formula is C13H16N2O5. The molecular weight excluding hydrogens is 264 g/mol. The maximum atomic E-state index is 11.9. The lowest BCUT2D eigenvalue weighted by molar-refractivity contribution is -0.0968. The molecule has 2 atom stereocenters. The van der Waals surface area contributed by atoms with Crippen molar-refractivity contribution in [2.75, 3.05) is 19.8 Å². The first-order valence-corrected chi connectivity index (χ1v) is 6.65. The van der Waals surface area contributed by atoms with E-state index in [0.29, 0.717) is 32.7 Å². The van der Waals surface area contributed by atoms with Gasteiger partial charge in [0.1, 0.15) is 0 Å². The molecule has 1 aromatic rings. The summed E-state index contributed by atoms with van der Waals surface area (Å²) in [5.74, 6) is -1.13. The minimum atomic E-state index is -1.13. The second-order valence-corrected chi connectivity index (χ2v) is 5.29. The van der Waals surface area contributed by atoms with Crippen LogP contribution in [0.5, 0.6) is 0 Å². The topological polar surface area (TPSA) is 90.7 Å². The standard InChI is InChI=1S/C13H16N2O5/c16-11-2-1-10(12(17)18)14-15(11)9-3-5-20-13(7-9)4-6-19-8-13/h1-2,9H,3-8H2,(H,17,18). The van der Waals surface area contributed by atoms with Gasteiger partial charge in [-0.3, -0.25) is 4.79 Å². The normalized spacial score (nSPS) is 29.7. The van der Waals surface area contributed by atoms with Gasteiger partial charge in [0.2, 0.25) is 0 Å². The Balaban J connectivity index is 1.90. The molecule has 20 heavy (non-hydrogen) atoms. The number of carboxylic acid groups (broad SMARTS) is 1. The molecule has 7 heteroatoms. The minimum Gasteiger partial charge on any atom is -0.476 e. The van der Waals surface area contributed by atoms with Crippen molar-refractivity contribution in [3.63, 3.8) is 0 Å². The fourth-order valence-corrected chi connectivity index (χ4v) is 2.87. The van der Waals surface area contributed by atoms with Crippen molar-refractivity contribution >= 4 is 5.97 Å². The van der Waals surface area contributed by atoms with Gasteiger partial charge in [0.25, 0.3) is 5.56 Å². The molecule has 0 amide bonds. The minimum absolute atomic E-state index is 0.118. The zero-order valence-electron chi connectivity index (χ0n) is 10.9. The number of carboxylic acids is 1. The van der Waals surface area contributed by atoms with Crippen molar-refractivity contribution in [3.05, 3.63) is 28.2 Å². The third kappa shape index (κ3) is 2.34. The quantitative estimate of drug-likeness (QED) is 0.846. The number of nitrogens with zero attached hydrogens (tertiary/aromatic N) is 2. The maximum absolute atomic E-state index is 11.9. The molecule has 0 bridgehead atoms. The SMILES string of the molecule is O=C(O)c1ccc(=O)n(C2CCOC3(CCOC3)C2)n1. The second kappa shape index (κ2) is 4.99. The third-order valence-electron chi connectivity index (χ3n) is 3.92. The molecule has 1 aromatic heterocycles. The van der Waals surface area contributed by atoms with E-state index in [1.165, 1.54) is 16.8 Å². The molecule has 3 rings (SSSR count).